The first kappa shape index (κ1) is 38.1. The fourth-order valence-electron chi connectivity index (χ4n) is 3.65. The predicted molar refractivity (Wildman–Crippen MR) is 170 cm³/mol. The van der Waals surface area contributed by atoms with Gasteiger partial charge in [-0.3, -0.25) is 4.79 Å². The number of hydrogen-bond donors (Lipinski definition) is 3. The van der Waals surface area contributed by atoms with Gasteiger partial charge in [-0.15, -0.1) is 0 Å². The first-order valence-electron chi connectivity index (χ1n) is 14.1. The van der Waals surface area contributed by atoms with Crippen LogP contribution in [0.3, 0.4) is 0 Å². The lowest BCUT2D eigenvalue weighted by Gasteiger charge is -2.14. The Hall–Kier alpha value is -3.89. The number of esters is 1. The summed E-state index contributed by atoms with van der Waals surface area (Å²) in [5.41, 5.74) is 9.83. The molecule has 2 aromatic carbocycles. The Balaban J connectivity index is 0.00000221. The number of rotatable bonds is 11. The molecule has 0 amide bonds. The monoisotopic (exact) mass is 603 g/mol. The van der Waals surface area contributed by atoms with E-state index in [-0.39, 0.29) is 36.1 Å². The Bertz CT molecular complexity index is 1230. The molecule has 0 radical (unpaired) electrons. The standard InChI is InChI=1S/C26H32ClN5O3.2C2H6.CH2O2/c1-4-5-10-22-30-24(27)23(26(33)35-16-34-17(2)3)32(22)15-18-11-13-19(14-12-18)20-8-6-7-9-21(20)25(28)31-29;2*1-2;2-1-3/h6-9,11-14,17H,4-5,10,15-16,29H2,1-3H3,(H2,28,31);2*1-2H3;1H,(H,2,3). The molecule has 232 valence electrons. The molecular formula is C31H46ClN5O5. The average molecular weight is 604 g/mol. The number of carboxylic acid groups (broad SMARTS) is 1. The van der Waals surface area contributed by atoms with Crippen LogP contribution in [0.2, 0.25) is 5.15 Å². The van der Waals surface area contributed by atoms with E-state index in [2.05, 4.69) is 17.0 Å². The third-order valence-electron chi connectivity index (χ3n) is 5.49. The number of amidine groups is 1. The summed E-state index contributed by atoms with van der Waals surface area (Å²) in [6, 6.07) is 15.7. The highest BCUT2D eigenvalue weighted by molar-refractivity contribution is 6.32. The summed E-state index contributed by atoms with van der Waals surface area (Å²) in [5.74, 6) is 5.84. The fourth-order valence-corrected chi connectivity index (χ4v) is 3.93. The van der Waals surface area contributed by atoms with E-state index in [1.165, 1.54) is 0 Å². The second-order valence-corrected chi connectivity index (χ2v) is 8.84. The number of hydrazone groups is 1. The molecule has 10 nitrogen and oxygen atoms in total. The molecule has 0 unspecified atom stereocenters. The maximum absolute atomic E-state index is 12.8. The molecular weight excluding hydrogens is 558 g/mol. The minimum atomic E-state index is -0.562. The number of carbonyl (C=O) groups is 2. The SMILES string of the molecule is CC.CC.CCCCc1nc(Cl)c(C(=O)OCOC(C)C)n1Cc1ccc(-c2ccccc2/C(N)=N/N)cc1.O=CO. The van der Waals surface area contributed by atoms with Crippen molar-refractivity contribution in [2.75, 3.05) is 6.79 Å². The van der Waals surface area contributed by atoms with Gasteiger partial charge in [-0.1, -0.05) is 101 Å². The Labute approximate surface area is 254 Å². The molecule has 0 aliphatic carbocycles. The number of nitrogens with zero attached hydrogens (tertiary/aromatic N) is 3. The number of halogens is 1. The van der Waals surface area contributed by atoms with Gasteiger partial charge in [0, 0.05) is 18.5 Å². The van der Waals surface area contributed by atoms with Crippen LogP contribution in [-0.2, 0) is 27.2 Å². The van der Waals surface area contributed by atoms with Crippen LogP contribution in [-0.4, -0.2) is 45.8 Å². The number of imidazole rings is 1. The predicted octanol–water partition coefficient (Wildman–Crippen LogP) is 6.47. The Morgan fingerprint density at radius 2 is 1.71 bits per heavy atom. The van der Waals surface area contributed by atoms with Crippen molar-refractivity contribution in [2.24, 2.45) is 16.7 Å². The van der Waals surface area contributed by atoms with Crippen LogP contribution in [0.25, 0.3) is 11.1 Å². The number of benzene rings is 2. The van der Waals surface area contributed by atoms with Crippen molar-refractivity contribution in [3.8, 4) is 11.1 Å². The highest BCUT2D eigenvalue weighted by atomic mass is 35.5. The van der Waals surface area contributed by atoms with E-state index in [0.717, 1.165) is 40.9 Å². The zero-order valence-corrected chi connectivity index (χ0v) is 26.5. The largest absolute Gasteiger partial charge is 0.483 e. The number of hydrogen-bond acceptors (Lipinski definition) is 7. The van der Waals surface area contributed by atoms with Crippen LogP contribution in [0.5, 0.6) is 0 Å². The highest BCUT2D eigenvalue weighted by Gasteiger charge is 2.23. The summed E-state index contributed by atoms with van der Waals surface area (Å²) in [6.45, 7) is 13.9. The zero-order valence-electron chi connectivity index (χ0n) is 25.8. The van der Waals surface area contributed by atoms with Crippen molar-refractivity contribution in [1.29, 1.82) is 0 Å². The van der Waals surface area contributed by atoms with Crippen molar-refractivity contribution >= 4 is 29.9 Å². The molecule has 3 rings (SSSR count). The number of aromatic nitrogens is 2. The van der Waals surface area contributed by atoms with Crippen molar-refractivity contribution < 1.29 is 24.2 Å². The molecule has 11 heteroatoms. The second-order valence-electron chi connectivity index (χ2n) is 8.48. The van der Waals surface area contributed by atoms with Crippen molar-refractivity contribution in [3.63, 3.8) is 0 Å². The quantitative estimate of drug-likeness (QED) is 0.0428. The smallest absolute Gasteiger partial charge is 0.360 e. The first-order chi connectivity index (χ1) is 20.3. The summed E-state index contributed by atoms with van der Waals surface area (Å²) >= 11 is 6.39. The van der Waals surface area contributed by atoms with Crippen molar-refractivity contribution in [3.05, 3.63) is 76.3 Å². The van der Waals surface area contributed by atoms with Gasteiger partial charge in [-0.2, -0.15) is 5.10 Å². The number of unbranched alkanes of at least 4 members (excludes halogenated alkanes) is 1. The molecule has 1 aromatic heterocycles. The van der Waals surface area contributed by atoms with Gasteiger partial charge >= 0.3 is 5.97 Å². The molecule has 0 saturated heterocycles. The minimum absolute atomic E-state index is 0.0570. The lowest BCUT2D eigenvalue weighted by atomic mass is 9.98. The van der Waals surface area contributed by atoms with Gasteiger partial charge in [-0.05, 0) is 37.0 Å². The molecule has 0 aliphatic heterocycles. The van der Waals surface area contributed by atoms with E-state index in [9.17, 15) is 4.79 Å². The van der Waals surface area contributed by atoms with Crippen LogP contribution in [0.1, 0.15) is 88.7 Å². The minimum Gasteiger partial charge on any atom is -0.483 e. The van der Waals surface area contributed by atoms with E-state index in [0.29, 0.717) is 13.0 Å². The number of aryl methyl sites for hydroxylation is 1. The maximum atomic E-state index is 12.8. The van der Waals surface area contributed by atoms with E-state index in [1.807, 2.05) is 94.6 Å². The zero-order chi connectivity index (χ0) is 32.1. The summed E-state index contributed by atoms with van der Waals surface area (Å²) in [6.07, 6.45) is 2.57. The summed E-state index contributed by atoms with van der Waals surface area (Å²) < 4.78 is 12.5. The van der Waals surface area contributed by atoms with Gasteiger partial charge in [-0.25, -0.2) is 9.78 Å². The van der Waals surface area contributed by atoms with Gasteiger partial charge in [0.2, 0.25) is 0 Å². The van der Waals surface area contributed by atoms with E-state index in [1.54, 1.807) is 0 Å². The van der Waals surface area contributed by atoms with Crippen molar-refractivity contribution in [1.82, 2.24) is 9.55 Å². The normalized spacial score (nSPS) is 10.4. The Morgan fingerprint density at radius 3 is 2.26 bits per heavy atom. The summed E-state index contributed by atoms with van der Waals surface area (Å²) in [7, 11) is 0. The Morgan fingerprint density at radius 1 is 1.12 bits per heavy atom. The average Bonchev–Trinajstić information content (AvgIpc) is 3.32. The van der Waals surface area contributed by atoms with E-state index < -0.39 is 5.97 Å². The van der Waals surface area contributed by atoms with Gasteiger partial charge in [0.15, 0.2) is 23.5 Å². The van der Waals surface area contributed by atoms with E-state index in [4.69, 9.17) is 42.6 Å². The van der Waals surface area contributed by atoms with Crippen LogP contribution < -0.4 is 11.6 Å². The number of ether oxygens (including phenoxy) is 2. The molecule has 0 bridgehead atoms. The first-order valence-corrected chi connectivity index (χ1v) is 14.5. The maximum Gasteiger partial charge on any atom is 0.360 e. The van der Waals surface area contributed by atoms with Crippen LogP contribution in [0.15, 0.2) is 53.6 Å². The third kappa shape index (κ3) is 11.9. The molecule has 0 spiro atoms. The van der Waals surface area contributed by atoms with Gasteiger partial charge < -0.3 is 30.7 Å². The molecule has 3 aromatic rings. The van der Waals surface area contributed by atoms with E-state index >= 15 is 0 Å². The summed E-state index contributed by atoms with van der Waals surface area (Å²) in [5, 5.41) is 10.7. The van der Waals surface area contributed by atoms with Crippen LogP contribution in [0.4, 0.5) is 0 Å². The molecule has 1 heterocycles. The van der Waals surface area contributed by atoms with Crippen LogP contribution >= 0.6 is 11.6 Å². The van der Waals surface area contributed by atoms with Crippen molar-refractivity contribution in [2.45, 2.75) is 80.4 Å². The van der Waals surface area contributed by atoms with Gasteiger partial charge in [0.25, 0.3) is 6.47 Å². The molecule has 42 heavy (non-hydrogen) atoms. The van der Waals surface area contributed by atoms with Gasteiger partial charge in [0.1, 0.15) is 5.82 Å². The molecule has 0 fully saturated rings. The van der Waals surface area contributed by atoms with Crippen LogP contribution in [0, 0.1) is 0 Å². The molecule has 0 atom stereocenters. The molecule has 5 N–H and O–H groups in total. The topological polar surface area (TPSA) is 155 Å². The number of nitrogens with two attached hydrogens (primary N) is 2. The molecule has 0 saturated carbocycles. The highest BCUT2D eigenvalue weighted by Crippen LogP contribution is 2.26. The molecule has 0 aliphatic rings. The lowest BCUT2D eigenvalue weighted by molar-refractivity contribution is -0.122. The fraction of sp³-hybridized carbons (Fsp3) is 0.419. The Kier molecular flexibility index (Phi) is 19.8. The second kappa shape index (κ2) is 21.8. The third-order valence-corrected chi connectivity index (χ3v) is 5.75. The number of carbonyl (C=O) groups excluding carboxylic acids is 1. The summed E-state index contributed by atoms with van der Waals surface area (Å²) in [4.78, 5) is 25.7. The lowest BCUT2D eigenvalue weighted by Crippen LogP contribution is -2.18. The van der Waals surface area contributed by atoms with Gasteiger partial charge in [0.05, 0.1) is 6.10 Å².